The fourth-order valence-corrected chi connectivity index (χ4v) is 7.48. The van der Waals surface area contributed by atoms with E-state index in [1.54, 1.807) is 6.08 Å². The van der Waals surface area contributed by atoms with Crippen molar-refractivity contribution in [3.05, 3.63) is 23.4 Å². The quantitative estimate of drug-likeness (QED) is 0.561. The molecule has 1 unspecified atom stereocenters. The molecule has 4 rings (SSSR count). The number of aliphatic hydroxyl groups is 3. The molecule has 0 aromatic rings. The standard InChI is InChI=1S/C22H31NO5/c1-11-6-13-14-4-5-22(28,18(27)10-24)20(14,2)9-16(26)19(13)21(3)15(11)7-12(25)8-17(21)23/h7-8,11,13-14,16,19,24,26,28H,4-6,9-10,23H2,1-3H3/t11?,13-,14-,16-,19+,20-,21+,22-/m0/s1. The first-order valence-electron chi connectivity index (χ1n) is 10.3. The predicted molar refractivity (Wildman–Crippen MR) is 103 cm³/mol. The van der Waals surface area contributed by atoms with Gasteiger partial charge in [-0.2, -0.15) is 0 Å². The van der Waals surface area contributed by atoms with Crippen LogP contribution in [0.5, 0.6) is 0 Å². The van der Waals surface area contributed by atoms with Crippen LogP contribution < -0.4 is 5.73 Å². The zero-order chi connectivity index (χ0) is 20.6. The van der Waals surface area contributed by atoms with Crippen LogP contribution in [-0.2, 0) is 9.59 Å². The van der Waals surface area contributed by atoms with Crippen LogP contribution in [0.3, 0.4) is 0 Å². The summed E-state index contributed by atoms with van der Waals surface area (Å²) in [6.45, 7) is 5.31. The van der Waals surface area contributed by atoms with E-state index >= 15 is 0 Å². The number of nitrogens with two attached hydrogens (primary N) is 1. The average Bonchev–Trinajstić information content (AvgIpc) is 2.88. The Bertz CT molecular complexity index is 803. The van der Waals surface area contributed by atoms with Gasteiger partial charge in [0.2, 0.25) is 0 Å². The zero-order valence-electron chi connectivity index (χ0n) is 16.8. The van der Waals surface area contributed by atoms with Crippen LogP contribution in [-0.4, -0.2) is 45.2 Å². The highest BCUT2D eigenvalue weighted by Gasteiger charge is 2.69. The summed E-state index contributed by atoms with van der Waals surface area (Å²) in [7, 11) is 0. The number of rotatable bonds is 2. The molecule has 0 aromatic carbocycles. The van der Waals surface area contributed by atoms with Crippen molar-refractivity contribution in [3.8, 4) is 0 Å². The number of ketones is 2. The van der Waals surface area contributed by atoms with Gasteiger partial charge in [0.05, 0.1) is 6.10 Å². The number of allylic oxidation sites excluding steroid dienone is 3. The minimum absolute atomic E-state index is 0.0488. The van der Waals surface area contributed by atoms with Gasteiger partial charge in [-0.3, -0.25) is 9.59 Å². The van der Waals surface area contributed by atoms with Crippen molar-refractivity contribution in [2.45, 2.75) is 58.2 Å². The Kier molecular flexibility index (Phi) is 4.24. The predicted octanol–water partition coefficient (Wildman–Crippen LogP) is 1.09. The summed E-state index contributed by atoms with van der Waals surface area (Å²) < 4.78 is 0. The molecule has 0 aromatic heterocycles. The van der Waals surface area contributed by atoms with Crippen molar-refractivity contribution in [2.75, 3.05) is 6.61 Å². The lowest BCUT2D eigenvalue weighted by atomic mass is 9.44. The molecule has 0 aliphatic heterocycles. The summed E-state index contributed by atoms with van der Waals surface area (Å²) >= 11 is 0. The topological polar surface area (TPSA) is 121 Å². The maximum atomic E-state index is 12.4. The molecule has 4 aliphatic rings. The highest BCUT2D eigenvalue weighted by Crippen LogP contribution is 2.68. The highest BCUT2D eigenvalue weighted by atomic mass is 16.3. The zero-order valence-corrected chi connectivity index (χ0v) is 16.8. The lowest BCUT2D eigenvalue weighted by Gasteiger charge is -2.61. The normalized spacial score (nSPS) is 50.2. The van der Waals surface area contributed by atoms with E-state index in [1.807, 2.05) is 13.8 Å². The smallest absolute Gasteiger partial charge is 0.190 e. The minimum atomic E-state index is -1.61. The van der Waals surface area contributed by atoms with Crippen LogP contribution in [0.4, 0.5) is 0 Å². The third-order valence-electron chi connectivity index (χ3n) is 8.83. The highest BCUT2D eigenvalue weighted by molar-refractivity contribution is 6.02. The SMILES string of the molecule is CC1C[C@@H]2[C@H]([C@@H](O)C[C@@]3(C)[C@H]2CC[C@]3(O)C(=O)CO)[C@@]2(C)C(N)=CC(=O)C=C12. The van der Waals surface area contributed by atoms with Crippen molar-refractivity contribution in [3.63, 3.8) is 0 Å². The van der Waals surface area contributed by atoms with Crippen molar-refractivity contribution >= 4 is 11.6 Å². The Morgan fingerprint density at radius 2 is 2.00 bits per heavy atom. The van der Waals surface area contributed by atoms with Crippen molar-refractivity contribution < 1.29 is 24.9 Å². The van der Waals surface area contributed by atoms with Crippen LogP contribution >= 0.6 is 0 Å². The first kappa shape index (κ1) is 19.8. The Balaban J connectivity index is 1.81. The van der Waals surface area contributed by atoms with Gasteiger partial charge in [0.25, 0.3) is 0 Å². The summed E-state index contributed by atoms with van der Waals surface area (Å²) in [6.07, 6.45) is 4.44. The average molecular weight is 389 g/mol. The molecular weight excluding hydrogens is 358 g/mol. The van der Waals surface area contributed by atoms with Crippen LogP contribution in [0.25, 0.3) is 0 Å². The lowest BCUT2D eigenvalue weighted by molar-refractivity contribution is -0.181. The largest absolute Gasteiger partial charge is 0.401 e. The molecule has 0 spiro atoms. The van der Waals surface area contributed by atoms with Gasteiger partial charge < -0.3 is 21.1 Å². The van der Waals surface area contributed by atoms with Gasteiger partial charge in [-0.05, 0) is 56.4 Å². The Morgan fingerprint density at radius 1 is 1.32 bits per heavy atom. The van der Waals surface area contributed by atoms with Crippen LogP contribution in [0, 0.1) is 34.5 Å². The van der Waals surface area contributed by atoms with Gasteiger partial charge in [-0.25, -0.2) is 0 Å². The van der Waals surface area contributed by atoms with Crippen LogP contribution in [0.15, 0.2) is 23.4 Å². The first-order chi connectivity index (χ1) is 13.0. The molecule has 5 N–H and O–H groups in total. The number of carbonyl (C=O) groups excluding carboxylic acids is 2. The monoisotopic (exact) mass is 389 g/mol. The van der Waals surface area contributed by atoms with E-state index in [-0.39, 0.29) is 35.9 Å². The van der Waals surface area contributed by atoms with Gasteiger partial charge in [-0.15, -0.1) is 0 Å². The number of hydrogen-bond acceptors (Lipinski definition) is 6. The summed E-state index contributed by atoms with van der Waals surface area (Å²) in [4.78, 5) is 24.5. The molecule has 0 heterocycles. The van der Waals surface area contributed by atoms with E-state index < -0.39 is 34.9 Å². The molecule has 0 saturated heterocycles. The molecule has 154 valence electrons. The van der Waals surface area contributed by atoms with Crippen molar-refractivity contribution in [1.29, 1.82) is 0 Å². The van der Waals surface area contributed by atoms with Crippen molar-refractivity contribution in [2.24, 2.45) is 40.2 Å². The first-order valence-corrected chi connectivity index (χ1v) is 10.3. The van der Waals surface area contributed by atoms with Gasteiger partial charge in [-0.1, -0.05) is 19.4 Å². The minimum Gasteiger partial charge on any atom is -0.401 e. The van der Waals surface area contributed by atoms with Gasteiger partial charge >= 0.3 is 0 Å². The summed E-state index contributed by atoms with van der Waals surface area (Å²) in [5, 5.41) is 32.0. The maximum absolute atomic E-state index is 12.4. The van der Waals surface area contributed by atoms with E-state index in [1.165, 1.54) is 6.08 Å². The Morgan fingerprint density at radius 3 is 2.64 bits per heavy atom. The number of Topliss-reactive ketones (excluding diaryl/α,β-unsaturated/α-hetero) is 1. The maximum Gasteiger partial charge on any atom is 0.190 e. The number of fused-ring (bicyclic) bond motifs is 5. The van der Waals surface area contributed by atoms with E-state index in [2.05, 4.69) is 6.92 Å². The summed E-state index contributed by atoms with van der Waals surface area (Å²) in [5.74, 6) is -0.571. The lowest BCUT2D eigenvalue weighted by Crippen LogP contribution is -2.63. The fraction of sp³-hybridized carbons (Fsp3) is 0.727. The molecule has 0 amide bonds. The van der Waals surface area contributed by atoms with E-state index in [9.17, 15) is 24.9 Å². The second-order valence-electron chi connectivity index (χ2n) is 9.91. The number of hydrogen-bond donors (Lipinski definition) is 4. The van der Waals surface area contributed by atoms with E-state index in [4.69, 9.17) is 5.73 Å². The van der Waals surface area contributed by atoms with E-state index in [0.717, 1.165) is 12.0 Å². The van der Waals surface area contributed by atoms with Gasteiger partial charge in [0.15, 0.2) is 11.6 Å². The second kappa shape index (κ2) is 6.00. The molecule has 0 bridgehead atoms. The van der Waals surface area contributed by atoms with Gasteiger partial charge in [0.1, 0.15) is 12.2 Å². The molecule has 4 aliphatic carbocycles. The fourth-order valence-electron chi connectivity index (χ4n) is 7.48. The van der Waals surface area contributed by atoms with Crippen LogP contribution in [0.1, 0.15) is 46.5 Å². The second-order valence-corrected chi connectivity index (χ2v) is 9.91. The molecular formula is C22H31NO5. The van der Waals surface area contributed by atoms with E-state index in [0.29, 0.717) is 18.5 Å². The third kappa shape index (κ3) is 2.20. The molecule has 28 heavy (non-hydrogen) atoms. The summed E-state index contributed by atoms with van der Waals surface area (Å²) in [6, 6.07) is 0. The third-order valence-corrected chi connectivity index (χ3v) is 8.83. The molecule has 6 nitrogen and oxygen atoms in total. The van der Waals surface area contributed by atoms with Crippen molar-refractivity contribution in [1.82, 2.24) is 0 Å². The molecule has 3 saturated carbocycles. The molecule has 0 radical (unpaired) electrons. The molecule has 8 atom stereocenters. The summed E-state index contributed by atoms with van der Waals surface area (Å²) in [5.41, 5.74) is 4.89. The van der Waals surface area contributed by atoms with Gasteiger partial charge in [0, 0.05) is 28.5 Å². The van der Waals surface area contributed by atoms with Crippen LogP contribution in [0.2, 0.25) is 0 Å². The number of aliphatic hydroxyl groups excluding tert-OH is 2. The molecule has 3 fully saturated rings. The number of carbonyl (C=O) groups is 2. The Hall–Kier alpha value is -1.50. The molecule has 6 heteroatoms. The Labute approximate surface area is 165 Å².